The second-order valence-electron chi connectivity index (χ2n) is 7.09. The monoisotopic (exact) mass is 462 g/mol. The van der Waals surface area contributed by atoms with E-state index in [9.17, 15) is 13.9 Å². The summed E-state index contributed by atoms with van der Waals surface area (Å²) in [6, 6.07) is 15.7. The van der Waals surface area contributed by atoms with E-state index in [0.29, 0.717) is 28.0 Å². The van der Waals surface area contributed by atoms with Gasteiger partial charge in [-0.2, -0.15) is 8.78 Å². The number of para-hydroxylation sites is 1. The lowest BCUT2D eigenvalue weighted by atomic mass is 9.98. The van der Waals surface area contributed by atoms with Crippen molar-refractivity contribution < 1.29 is 18.6 Å². The summed E-state index contributed by atoms with van der Waals surface area (Å²) in [5, 5.41) is 10.5. The van der Waals surface area contributed by atoms with Crippen LogP contribution in [-0.2, 0) is 0 Å². The first kappa shape index (κ1) is 21.6. The van der Waals surface area contributed by atoms with Gasteiger partial charge in [-0.3, -0.25) is 0 Å². The van der Waals surface area contributed by atoms with Gasteiger partial charge in [-0.25, -0.2) is 4.98 Å². The van der Waals surface area contributed by atoms with Crippen LogP contribution < -0.4 is 4.74 Å². The average Bonchev–Trinajstić information content (AvgIpc) is 3.14. The van der Waals surface area contributed by atoms with Gasteiger partial charge in [-0.05, 0) is 24.6 Å². The van der Waals surface area contributed by atoms with Gasteiger partial charge in [0.25, 0.3) is 0 Å². The van der Waals surface area contributed by atoms with E-state index < -0.39 is 6.61 Å². The average molecular weight is 463 g/mol. The number of aryl methyl sites for hydroxylation is 1. The van der Waals surface area contributed by atoms with Crippen molar-refractivity contribution in [1.82, 2.24) is 9.97 Å². The Bertz CT molecular complexity index is 1230. The van der Waals surface area contributed by atoms with E-state index in [4.69, 9.17) is 23.2 Å². The van der Waals surface area contributed by atoms with E-state index in [1.807, 2.05) is 31.2 Å². The van der Waals surface area contributed by atoms with Crippen LogP contribution in [-0.4, -0.2) is 28.3 Å². The number of benzene rings is 3. The number of aliphatic hydroxyl groups is 1. The number of rotatable bonds is 6. The molecule has 2 N–H and O–H groups in total. The van der Waals surface area contributed by atoms with Crippen molar-refractivity contribution in [3.05, 3.63) is 81.6 Å². The molecule has 0 saturated heterocycles. The highest BCUT2D eigenvalue weighted by molar-refractivity contribution is 6.42. The third kappa shape index (κ3) is 4.24. The molecule has 0 aliphatic rings. The molecule has 0 saturated carbocycles. The van der Waals surface area contributed by atoms with Gasteiger partial charge in [0, 0.05) is 11.1 Å². The van der Waals surface area contributed by atoms with Crippen LogP contribution in [0.5, 0.6) is 5.75 Å². The third-order valence-corrected chi connectivity index (χ3v) is 5.72. The first-order chi connectivity index (χ1) is 14.9. The van der Waals surface area contributed by atoms with Crippen LogP contribution in [0.2, 0.25) is 10.0 Å². The fraction of sp³-hybridized carbons (Fsp3) is 0.174. The van der Waals surface area contributed by atoms with Crippen molar-refractivity contribution in [3.63, 3.8) is 0 Å². The number of fused-ring (bicyclic) bond motifs is 1. The second kappa shape index (κ2) is 8.83. The fourth-order valence-electron chi connectivity index (χ4n) is 3.53. The van der Waals surface area contributed by atoms with Crippen molar-refractivity contribution in [1.29, 1.82) is 0 Å². The van der Waals surface area contributed by atoms with Gasteiger partial charge in [-0.1, -0.05) is 71.2 Å². The number of aromatic nitrogens is 2. The Hall–Kier alpha value is -2.67. The lowest BCUT2D eigenvalue weighted by molar-refractivity contribution is -0.0494. The van der Waals surface area contributed by atoms with E-state index in [0.717, 1.165) is 11.1 Å². The molecule has 1 atom stereocenters. The Morgan fingerprint density at radius 1 is 1.10 bits per heavy atom. The summed E-state index contributed by atoms with van der Waals surface area (Å²) < 4.78 is 30.4. The summed E-state index contributed by atoms with van der Waals surface area (Å²) in [5.74, 6) is 0.0960. The van der Waals surface area contributed by atoms with Crippen molar-refractivity contribution in [2.24, 2.45) is 0 Å². The van der Waals surface area contributed by atoms with Crippen molar-refractivity contribution >= 4 is 34.2 Å². The van der Waals surface area contributed by atoms with Crippen LogP contribution >= 0.6 is 23.2 Å². The molecule has 8 heteroatoms. The minimum Gasteiger partial charge on any atom is -0.434 e. The third-order valence-electron chi connectivity index (χ3n) is 5.05. The van der Waals surface area contributed by atoms with Crippen LogP contribution in [0.4, 0.5) is 8.78 Å². The number of hydrogen-bond donors (Lipinski definition) is 2. The van der Waals surface area contributed by atoms with Gasteiger partial charge in [0.2, 0.25) is 0 Å². The molecule has 0 radical (unpaired) electrons. The Morgan fingerprint density at radius 3 is 2.48 bits per heavy atom. The van der Waals surface area contributed by atoms with Crippen LogP contribution in [0.25, 0.3) is 22.2 Å². The molecule has 1 unspecified atom stereocenters. The van der Waals surface area contributed by atoms with Gasteiger partial charge in [-0.15, -0.1) is 0 Å². The molecular formula is C23H18Cl2F2N2O2. The highest BCUT2D eigenvalue weighted by atomic mass is 35.5. The maximum Gasteiger partial charge on any atom is 0.387 e. The molecule has 31 heavy (non-hydrogen) atoms. The fourth-order valence-corrected chi connectivity index (χ4v) is 4.23. The minimum atomic E-state index is -2.99. The Balaban J connectivity index is 1.84. The van der Waals surface area contributed by atoms with Crippen LogP contribution in [0.3, 0.4) is 0 Å². The molecule has 4 nitrogen and oxygen atoms in total. The molecule has 0 aliphatic carbocycles. The summed E-state index contributed by atoms with van der Waals surface area (Å²) >= 11 is 13.1. The molecule has 4 rings (SSSR count). The van der Waals surface area contributed by atoms with Gasteiger partial charge in [0.1, 0.15) is 17.1 Å². The number of ether oxygens (including phenoxy) is 1. The predicted molar refractivity (Wildman–Crippen MR) is 118 cm³/mol. The molecule has 1 aromatic heterocycles. The number of imidazole rings is 1. The molecule has 160 valence electrons. The van der Waals surface area contributed by atoms with Gasteiger partial charge in [0.15, 0.2) is 0 Å². The number of H-pyrrole nitrogens is 1. The maximum absolute atomic E-state index is 12.9. The quantitative estimate of drug-likeness (QED) is 0.340. The molecular weight excluding hydrogens is 445 g/mol. The van der Waals surface area contributed by atoms with E-state index in [-0.39, 0.29) is 28.3 Å². The van der Waals surface area contributed by atoms with Gasteiger partial charge >= 0.3 is 6.61 Å². The Kier molecular flexibility index (Phi) is 6.14. The number of nitrogens with one attached hydrogen (secondary N) is 1. The molecule has 0 aliphatic heterocycles. The smallest absolute Gasteiger partial charge is 0.387 e. The summed E-state index contributed by atoms with van der Waals surface area (Å²) in [7, 11) is 0. The van der Waals surface area contributed by atoms with Crippen molar-refractivity contribution in [2.45, 2.75) is 19.5 Å². The van der Waals surface area contributed by atoms with Gasteiger partial charge in [0.05, 0.1) is 28.1 Å². The SMILES string of the molecule is Cc1ccc(C(CO)c2nc3c(Cl)c(-c4ccccc4OC(F)F)c(Cl)cc3[nH]2)cc1. The normalized spacial score (nSPS) is 12.5. The number of halogens is 4. The lowest BCUT2D eigenvalue weighted by Crippen LogP contribution is -2.07. The van der Waals surface area contributed by atoms with E-state index in [1.165, 1.54) is 6.07 Å². The second-order valence-corrected chi connectivity index (χ2v) is 7.87. The zero-order valence-electron chi connectivity index (χ0n) is 16.4. The largest absolute Gasteiger partial charge is 0.434 e. The lowest BCUT2D eigenvalue weighted by Gasteiger charge is -2.13. The summed E-state index contributed by atoms with van der Waals surface area (Å²) in [6.07, 6.45) is 0. The number of alkyl halides is 2. The minimum absolute atomic E-state index is 0.0377. The van der Waals surface area contributed by atoms with E-state index >= 15 is 0 Å². The highest BCUT2D eigenvalue weighted by Gasteiger charge is 2.23. The number of aliphatic hydroxyl groups excluding tert-OH is 1. The van der Waals surface area contributed by atoms with Crippen molar-refractivity contribution in [3.8, 4) is 16.9 Å². The number of hydrogen-bond acceptors (Lipinski definition) is 3. The predicted octanol–water partition coefficient (Wildman–Crippen LogP) is 6.57. The topological polar surface area (TPSA) is 58.1 Å². The highest BCUT2D eigenvalue weighted by Crippen LogP contribution is 2.43. The zero-order chi connectivity index (χ0) is 22.1. The van der Waals surface area contributed by atoms with Crippen LogP contribution in [0, 0.1) is 6.92 Å². The molecule has 0 spiro atoms. The molecule has 0 amide bonds. The van der Waals surface area contributed by atoms with Crippen LogP contribution in [0.15, 0.2) is 54.6 Å². The Labute approximate surface area is 187 Å². The summed E-state index contributed by atoms with van der Waals surface area (Å²) in [5.41, 5.74) is 3.68. The summed E-state index contributed by atoms with van der Waals surface area (Å²) in [6.45, 7) is -1.16. The zero-order valence-corrected chi connectivity index (χ0v) is 17.9. The van der Waals surface area contributed by atoms with E-state index in [1.54, 1.807) is 24.3 Å². The Morgan fingerprint density at radius 2 is 1.81 bits per heavy atom. The number of nitrogens with zero attached hydrogens (tertiary/aromatic N) is 1. The molecule has 3 aromatic carbocycles. The van der Waals surface area contributed by atoms with Gasteiger partial charge < -0.3 is 14.8 Å². The molecule has 4 aromatic rings. The van der Waals surface area contributed by atoms with Crippen molar-refractivity contribution in [2.75, 3.05) is 6.61 Å². The molecule has 0 bridgehead atoms. The number of aromatic amines is 1. The van der Waals surface area contributed by atoms with Crippen LogP contribution in [0.1, 0.15) is 22.9 Å². The first-order valence-electron chi connectivity index (χ1n) is 9.48. The van der Waals surface area contributed by atoms with E-state index in [2.05, 4.69) is 14.7 Å². The summed E-state index contributed by atoms with van der Waals surface area (Å²) in [4.78, 5) is 7.78. The maximum atomic E-state index is 12.9. The molecule has 1 heterocycles. The standard InChI is InChI=1S/C23H18Cl2F2N2O2/c1-12-6-8-13(9-7-12)15(11-30)22-28-17-10-16(24)19(20(25)21(17)29-22)14-4-2-3-5-18(14)31-23(26)27/h2-10,15,23,30H,11H2,1H3,(H,28,29). The first-order valence-corrected chi connectivity index (χ1v) is 10.2. The molecule has 0 fully saturated rings.